The van der Waals surface area contributed by atoms with Gasteiger partial charge in [-0.15, -0.1) is 24.0 Å². The highest BCUT2D eigenvalue weighted by Crippen LogP contribution is 2.27. The Hall–Kier alpha value is -2.26. The van der Waals surface area contributed by atoms with E-state index in [2.05, 4.69) is 80.0 Å². The summed E-state index contributed by atoms with van der Waals surface area (Å²) in [5.41, 5.74) is 3.80. The molecule has 0 amide bonds. The second-order valence-electron chi connectivity index (χ2n) is 8.39. The molecule has 2 heterocycles. The molecule has 0 spiro atoms. The highest BCUT2D eigenvalue weighted by molar-refractivity contribution is 14.0. The van der Waals surface area contributed by atoms with Gasteiger partial charge >= 0.3 is 0 Å². The number of hydrogen-bond donors (Lipinski definition) is 2. The molecule has 0 bridgehead atoms. The van der Waals surface area contributed by atoms with Crippen LogP contribution < -0.4 is 20.3 Å². The number of hydrogen-bond acceptors (Lipinski definition) is 4. The molecule has 178 valence electrons. The Kier molecular flexibility index (Phi) is 9.87. The van der Waals surface area contributed by atoms with E-state index in [0.717, 1.165) is 51.0 Å². The van der Waals surface area contributed by atoms with Gasteiger partial charge in [-0.2, -0.15) is 0 Å². The van der Waals surface area contributed by atoms with Crippen molar-refractivity contribution in [3.63, 3.8) is 0 Å². The van der Waals surface area contributed by atoms with Crippen LogP contribution in [0.15, 0.2) is 65.7 Å². The Morgan fingerprint density at radius 2 is 1.79 bits per heavy atom. The molecule has 2 aromatic carbocycles. The number of likely N-dealkylation sites (tertiary alicyclic amines) is 1. The molecule has 1 atom stereocenters. The summed E-state index contributed by atoms with van der Waals surface area (Å²) >= 11 is 0. The van der Waals surface area contributed by atoms with Gasteiger partial charge in [0.1, 0.15) is 5.75 Å². The van der Waals surface area contributed by atoms with E-state index in [1.165, 1.54) is 29.7 Å². The van der Waals surface area contributed by atoms with E-state index in [0.29, 0.717) is 0 Å². The number of nitrogens with zero attached hydrogens (tertiary/aromatic N) is 3. The number of nitrogens with one attached hydrogen (secondary N) is 2. The van der Waals surface area contributed by atoms with Crippen LogP contribution in [-0.2, 0) is 6.54 Å². The smallest absolute Gasteiger partial charge is 0.191 e. The lowest BCUT2D eigenvalue weighted by molar-refractivity contribution is 0.245. The molecule has 7 heteroatoms. The van der Waals surface area contributed by atoms with Gasteiger partial charge in [0.2, 0.25) is 0 Å². The number of benzene rings is 2. The molecule has 1 saturated heterocycles. The molecule has 0 radical (unpaired) electrons. The van der Waals surface area contributed by atoms with Crippen molar-refractivity contribution in [2.75, 3.05) is 51.8 Å². The first-order valence-corrected chi connectivity index (χ1v) is 11.6. The van der Waals surface area contributed by atoms with Crippen LogP contribution in [0.2, 0.25) is 0 Å². The average molecular weight is 562 g/mol. The average Bonchev–Trinajstić information content (AvgIpc) is 3.56. The molecule has 33 heavy (non-hydrogen) atoms. The molecule has 0 aliphatic carbocycles. The Labute approximate surface area is 215 Å². The zero-order chi connectivity index (χ0) is 22.2. The summed E-state index contributed by atoms with van der Waals surface area (Å²) in [6.07, 6.45) is 6.96. The number of anilines is 1. The highest BCUT2D eigenvalue weighted by atomic mass is 127. The van der Waals surface area contributed by atoms with Crippen LogP contribution in [0, 0.1) is 0 Å². The molecular weight excluding hydrogens is 525 g/mol. The molecule has 2 aliphatic rings. The van der Waals surface area contributed by atoms with Crippen LogP contribution in [0.5, 0.6) is 5.75 Å². The molecule has 0 aromatic heterocycles. The van der Waals surface area contributed by atoms with Crippen molar-refractivity contribution in [1.82, 2.24) is 15.5 Å². The first kappa shape index (κ1) is 25.4. The zero-order valence-electron chi connectivity index (χ0n) is 19.7. The minimum absolute atomic E-state index is 0. The van der Waals surface area contributed by atoms with Crippen LogP contribution >= 0.6 is 24.0 Å². The number of aliphatic imine (C=N–C) groups is 1. The van der Waals surface area contributed by atoms with Crippen LogP contribution in [-0.4, -0.2) is 57.7 Å². The van der Waals surface area contributed by atoms with Gasteiger partial charge in [0.15, 0.2) is 5.96 Å². The molecule has 4 rings (SSSR count). The van der Waals surface area contributed by atoms with Crippen molar-refractivity contribution in [2.24, 2.45) is 4.99 Å². The lowest BCUT2D eigenvalue weighted by atomic mass is 10.1. The van der Waals surface area contributed by atoms with Gasteiger partial charge in [-0.05, 0) is 61.3 Å². The van der Waals surface area contributed by atoms with Crippen LogP contribution in [0.1, 0.15) is 30.0 Å². The van der Waals surface area contributed by atoms with Gasteiger partial charge < -0.3 is 20.3 Å². The monoisotopic (exact) mass is 561 g/mol. The molecule has 6 nitrogen and oxygen atoms in total. The summed E-state index contributed by atoms with van der Waals surface area (Å²) in [6.45, 7) is 5.78. The summed E-state index contributed by atoms with van der Waals surface area (Å²) in [5.74, 6) is 1.73. The molecule has 1 unspecified atom stereocenters. The third-order valence-electron chi connectivity index (χ3n) is 6.30. The number of guanidine groups is 1. The Morgan fingerprint density at radius 1 is 1.03 bits per heavy atom. The summed E-state index contributed by atoms with van der Waals surface area (Å²) in [5, 5.41) is 7.04. The fourth-order valence-electron chi connectivity index (χ4n) is 4.51. The van der Waals surface area contributed by atoms with Crippen molar-refractivity contribution in [3.8, 4) is 5.75 Å². The molecule has 2 N–H and O–H groups in total. The predicted molar refractivity (Wildman–Crippen MR) is 148 cm³/mol. The standard InChI is InChI=1S/C26H35N5O.HI/c1-27-26(28-19-21-9-7-11-23(17-21)30-13-3-4-14-30)29-20-25(31-15-5-6-16-31)22-10-8-12-24(18-22)32-2;/h3-4,7-12,17-18,25H,5-6,13-16,19-20H2,1-2H3,(H2,27,28,29);1H. The SMILES string of the molecule is CN=C(NCc1cccc(N2CC=CC2)c1)NCC(c1cccc(OC)c1)N1CCCC1.I. The zero-order valence-corrected chi connectivity index (χ0v) is 22.0. The lowest BCUT2D eigenvalue weighted by Gasteiger charge is -2.29. The van der Waals surface area contributed by atoms with Gasteiger partial charge in [0.25, 0.3) is 0 Å². The summed E-state index contributed by atoms with van der Waals surface area (Å²) in [7, 11) is 3.56. The van der Waals surface area contributed by atoms with Crippen molar-refractivity contribution in [1.29, 1.82) is 0 Å². The molecule has 0 saturated carbocycles. The third-order valence-corrected chi connectivity index (χ3v) is 6.30. The van der Waals surface area contributed by atoms with Gasteiger partial charge in [-0.1, -0.05) is 36.4 Å². The summed E-state index contributed by atoms with van der Waals surface area (Å²) in [4.78, 5) is 9.38. The Balaban J connectivity index is 0.00000306. The van der Waals surface area contributed by atoms with E-state index >= 15 is 0 Å². The molecule has 2 aliphatic heterocycles. The van der Waals surface area contributed by atoms with Crippen LogP contribution in [0.3, 0.4) is 0 Å². The topological polar surface area (TPSA) is 52.1 Å². The maximum Gasteiger partial charge on any atom is 0.191 e. The number of methoxy groups -OCH3 is 1. The van der Waals surface area contributed by atoms with E-state index in [-0.39, 0.29) is 30.0 Å². The predicted octanol–water partition coefficient (Wildman–Crippen LogP) is 4.19. The van der Waals surface area contributed by atoms with Gasteiger partial charge in [0, 0.05) is 38.9 Å². The van der Waals surface area contributed by atoms with Crippen molar-refractivity contribution < 1.29 is 4.74 Å². The maximum atomic E-state index is 5.47. The second kappa shape index (κ2) is 12.8. The fourth-order valence-corrected chi connectivity index (χ4v) is 4.51. The quantitative estimate of drug-likeness (QED) is 0.219. The van der Waals surface area contributed by atoms with Crippen LogP contribution in [0.4, 0.5) is 5.69 Å². The highest BCUT2D eigenvalue weighted by Gasteiger charge is 2.24. The fraction of sp³-hybridized carbons (Fsp3) is 0.423. The van der Waals surface area contributed by atoms with Crippen molar-refractivity contribution in [2.45, 2.75) is 25.4 Å². The Morgan fingerprint density at radius 3 is 2.52 bits per heavy atom. The van der Waals surface area contributed by atoms with E-state index in [1.54, 1.807) is 7.11 Å². The van der Waals surface area contributed by atoms with Crippen molar-refractivity contribution >= 4 is 35.6 Å². The summed E-state index contributed by atoms with van der Waals surface area (Å²) < 4.78 is 5.47. The number of ether oxygens (including phenoxy) is 1. The largest absolute Gasteiger partial charge is 0.497 e. The minimum atomic E-state index is 0. The first-order valence-electron chi connectivity index (χ1n) is 11.6. The normalized spacial score (nSPS) is 17.0. The Bertz CT molecular complexity index is 934. The van der Waals surface area contributed by atoms with Gasteiger partial charge in [-0.3, -0.25) is 9.89 Å². The van der Waals surface area contributed by atoms with Crippen molar-refractivity contribution in [3.05, 3.63) is 71.8 Å². The summed E-state index contributed by atoms with van der Waals surface area (Å²) in [6, 6.07) is 17.5. The lowest BCUT2D eigenvalue weighted by Crippen LogP contribution is -2.42. The minimum Gasteiger partial charge on any atom is -0.497 e. The second-order valence-corrected chi connectivity index (χ2v) is 8.39. The van der Waals surface area contributed by atoms with E-state index in [9.17, 15) is 0 Å². The van der Waals surface area contributed by atoms with Gasteiger partial charge in [0.05, 0.1) is 13.2 Å². The first-order chi connectivity index (χ1) is 15.8. The molecular formula is C26H36IN5O. The van der Waals surface area contributed by atoms with E-state index < -0.39 is 0 Å². The number of rotatable bonds is 8. The van der Waals surface area contributed by atoms with E-state index in [1.807, 2.05) is 13.1 Å². The molecule has 2 aromatic rings. The van der Waals surface area contributed by atoms with Crippen LogP contribution in [0.25, 0.3) is 0 Å². The number of halogens is 1. The van der Waals surface area contributed by atoms with Gasteiger partial charge in [-0.25, -0.2) is 0 Å². The van der Waals surface area contributed by atoms with E-state index in [4.69, 9.17) is 4.74 Å². The third kappa shape index (κ3) is 6.86. The maximum absolute atomic E-state index is 5.47. The molecule has 1 fully saturated rings.